The summed E-state index contributed by atoms with van der Waals surface area (Å²) >= 11 is 0. The van der Waals surface area contributed by atoms with Gasteiger partial charge in [-0.25, -0.2) is 0 Å². The number of alkyl halides is 2. The van der Waals surface area contributed by atoms with E-state index in [4.69, 9.17) is 16.2 Å². The first-order valence-electron chi connectivity index (χ1n) is 8.66. The quantitative estimate of drug-likeness (QED) is 0.295. The Balaban J connectivity index is 2.07. The molecule has 3 rings (SSSR count). The Hall–Kier alpha value is -3.69. The van der Waals surface area contributed by atoms with E-state index in [1.165, 1.54) is 36.5 Å². The summed E-state index contributed by atoms with van der Waals surface area (Å²) in [5.41, 5.74) is 1.10. The molecule has 2 heterocycles. The van der Waals surface area contributed by atoms with Crippen LogP contribution in [0.15, 0.2) is 48.7 Å². The molecule has 7 nitrogen and oxygen atoms in total. The van der Waals surface area contributed by atoms with Gasteiger partial charge in [0.2, 0.25) is 0 Å². The fourth-order valence-electron chi connectivity index (χ4n) is 2.79. The highest BCUT2D eigenvalue weighted by molar-refractivity contribution is 6.31. The third-order valence-electron chi connectivity index (χ3n) is 4.29. The van der Waals surface area contributed by atoms with Gasteiger partial charge < -0.3 is 10.7 Å². The number of hydrogen-bond donors (Lipinski definition) is 4. The summed E-state index contributed by atoms with van der Waals surface area (Å²) in [7, 11) is 3.44. The molecule has 0 fully saturated rings. The fourth-order valence-corrected chi connectivity index (χ4v) is 2.79. The van der Waals surface area contributed by atoms with Crippen molar-refractivity contribution in [1.82, 2.24) is 20.1 Å². The Kier molecular flexibility index (Phi) is 5.36. The van der Waals surface area contributed by atoms with Gasteiger partial charge in [-0.15, -0.1) is 0 Å². The van der Waals surface area contributed by atoms with Crippen LogP contribution < -0.4 is 16.4 Å². The van der Waals surface area contributed by atoms with Crippen molar-refractivity contribution >= 4 is 42.0 Å². The van der Waals surface area contributed by atoms with Gasteiger partial charge in [0.25, 0.3) is 0 Å². The molecule has 0 aliphatic carbocycles. The zero-order valence-electron chi connectivity index (χ0n) is 15.8. The highest BCUT2D eigenvalue weighted by Gasteiger charge is 2.39. The minimum Gasteiger partial charge on any atom is -0.393 e. The third kappa shape index (κ3) is 3.82. The first kappa shape index (κ1) is 20.1. The standard InChI is InChI=1S/C19H18BF2N7/c1-26-10-12(9-23)15-5-7-17(24)29(28-15)18(25)19(21,22)13-3-4-14-11(8-13)2-6-16(20)27-14/h2-10,23-26H,20H2,1H3/b12-10+,23-9?,24-17?,25-18?. The highest BCUT2D eigenvalue weighted by Crippen LogP contribution is 2.31. The van der Waals surface area contributed by atoms with Crippen LogP contribution in [-0.4, -0.2) is 41.7 Å². The van der Waals surface area contributed by atoms with Gasteiger partial charge in [-0.2, -0.15) is 18.6 Å². The molecule has 10 heteroatoms. The van der Waals surface area contributed by atoms with E-state index in [0.717, 1.165) is 11.8 Å². The molecular formula is C19H18BF2N7. The van der Waals surface area contributed by atoms with Gasteiger partial charge in [-0.3, -0.25) is 15.8 Å². The number of aromatic nitrogens is 3. The molecule has 0 spiro atoms. The molecule has 0 amide bonds. The summed E-state index contributed by atoms with van der Waals surface area (Å²) in [4.78, 5) is 4.29. The molecule has 3 aromatic rings. The van der Waals surface area contributed by atoms with Crippen LogP contribution in [0.2, 0.25) is 0 Å². The van der Waals surface area contributed by atoms with Crippen LogP contribution in [0.3, 0.4) is 0 Å². The minimum absolute atomic E-state index is 0.184. The molecule has 2 aromatic heterocycles. The molecule has 0 aliphatic heterocycles. The van der Waals surface area contributed by atoms with Crippen molar-refractivity contribution in [2.24, 2.45) is 0 Å². The van der Waals surface area contributed by atoms with Gasteiger partial charge in [-0.1, -0.05) is 18.2 Å². The Morgan fingerprint density at radius 2 is 1.97 bits per heavy atom. The normalized spacial score (nSPS) is 12.0. The number of allylic oxidation sites excluding steroid dienone is 1. The van der Waals surface area contributed by atoms with Crippen LogP contribution in [0.4, 0.5) is 8.78 Å². The van der Waals surface area contributed by atoms with Crippen LogP contribution >= 0.6 is 0 Å². The highest BCUT2D eigenvalue weighted by atomic mass is 19.3. The predicted octanol–water partition coefficient (Wildman–Crippen LogP) is 0.996. The Morgan fingerprint density at radius 3 is 2.66 bits per heavy atom. The van der Waals surface area contributed by atoms with E-state index in [1.807, 2.05) is 7.85 Å². The van der Waals surface area contributed by atoms with Crippen molar-refractivity contribution < 1.29 is 8.78 Å². The molecule has 0 bridgehead atoms. The molecule has 0 radical (unpaired) electrons. The third-order valence-corrected chi connectivity index (χ3v) is 4.29. The Bertz CT molecular complexity index is 1200. The summed E-state index contributed by atoms with van der Waals surface area (Å²) in [5.74, 6) is -4.85. The van der Waals surface area contributed by atoms with Crippen LogP contribution in [0.25, 0.3) is 16.5 Å². The molecule has 146 valence electrons. The zero-order valence-corrected chi connectivity index (χ0v) is 15.8. The van der Waals surface area contributed by atoms with Crippen molar-refractivity contribution in [2.45, 2.75) is 5.92 Å². The van der Waals surface area contributed by atoms with Crippen molar-refractivity contribution in [3.8, 4) is 0 Å². The van der Waals surface area contributed by atoms with Crippen LogP contribution in [0.5, 0.6) is 0 Å². The van der Waals surface area contributed by atoms with Crippen molar-refractivity contribution in [3.05, 3.63) is 65.4 Å². The van der Waals surface area contributed by atoms with Gasteiger partial charge >= 0.3 is 5.92 Å². The molecule has 0 unspecified atom stereocenters. The van der Waals surface area contributed by atoms with E-state index < -0.39 is 17.3 Å². The zero-order chi connectivity index (χ0) is 21.2. The molecule has 0 saturated carbocycles. The first-order chi connectivity index (χ1) is 13.8. The SMILES string of the molecule is Bc1ccc2cc(C(F)(F)C(=N)n3nc(/C(C=N)=C/NC)ccc3=N)ccc2n1. The molecule has 1 aromatic carbocycles. The maximum absolute atomic E-state index is 15.1. The van der Waals surface area contributed by atoms with E-state index in [9.17, 15) is 0 Å². The first-order valence-corrected chi connectivity index (χ1v) is 8.66. The molecule has 0 atom stereocenters. The van der Waals surface area contributed by atoms with Crippen molar-refractivity contribution in [1.29, 1.82) is 16.2 Å². The van der Waals surface area contributed by atoms with Crippen molar-refractivity contribution in [3.63, 3.8) is 0 Å². The van der Waals surface area contributed by atoms with E-state index in [2.05, 4.69) is 15.4 Å². The smallest absolute Gasteiger partial charge is 0.331 e. The largest absolute Gasteiger partial charge is 0.393 e. The summed E-state index contributed by atoms with van der Waals surface area (Å²) in [6.45, 7) is 0. The van der Waals surface area contributed by atoms with Crippen molar-refractivity contribution in [2.75, 3.05) is 7.05 Å². The molecular weight excluding hydrogens is 375 g/mol. The summed E-state index contributed by atoms with van der Waals surface area (Å²) in [6, 6.07) is 10.1. The number of pyridine rings is 1. The number of nitrogens with zero attached hydrogens (tertiary/aromatic N) is 3. The number of nitrogens with one attached hydrogen (secondary N) is 4. The lowest BCUT2D eigenvalue weighted by Gasteiger charge is -2.20. The predicted molar refractivity (Wildman–Crippen MR) is 111 cm³/mol. The number of benzene rings is 1. The lowest BCUT2D eigenvalue weighted by molar-refractivity contribution is 0.0697. The van der Waals surface area contributed by atoms with Crippen LogP contribution in [-0.2, 0) is 5.92 Å². The second kappa shape index (κ2) is 7.74. The van der Waals surface area contributed by atoms with Gasteiger partial charge in [0.15, 0.2) is 13.7 Å². The topological polar surface area (TPSA) is 114 Å². The number of rotatable bonds is 5. The molecule has 0 saturated heterocycles. The fraction of sp³-hybridized carbons (Fsp3) is 0.105. The maximum atomic E-state index is 15.1. The molecule has 4 N–H and O–H groups in total. The average molecular weight is 393 g/mol. The van der Waals surface area contributed by atoms with Crippen LogP contribution in [0, 0.1) is 16.2 Å². The number of hydrogen-bond acceptors (Lipinski definition) is 6. The number of halogens is 2. The monoisotopic (exact) mass is 393 g/mol. The molecule has 0 aliphatic rings. The van der Waals surface area contributed by atoms with E-state index in [0.29, 0.717) is 21.2 Å². The van der Waals surface area contributed by atoms with Gasteiger partial charge in [0, 0.05) is 36.0 Å². The second-order valence-electron chi connectivity index (χ2n) is 6.33. The van der Waals surface area contributed by atoms with E-state index >= 15 is 8.78 Å². The minimum atomic E-state index is -3.69. The van der Waals surface area contributed by atoms with E-state index in [1.54, 1.807) is 19.2 Å². The lowest BCUT2D eigenvalue weighted by atomic mass is 10.0. The molecule has 29 heavy (non-hydrogen) atoms. The van der Waals surface area contributed by atoms with E-state index in [-0.39, 0.29) is 11.2 Å². The maximum Gasteiger partial charge on any atom is 0.331 e. The Morgan fingerprint density at radius 1 is 1.21 bits per heavy atom. The lowest BCUT2D eigenvalue weighted by Crippen LogP contribution is -2.39. The summed E-state index contributed by atoms with van der Waals surface area (Å²) in [6.07, 6.45) is 2.48. The second-order valence-corrected chi connectivity index (χ2v) is 6.33. The average Bonchev–Trinajstić information content (AvgIpc) is 2.71. The van der Waals surface area contributed by atoms with Crippen LogP contribution in [0.1, 0.15) is 11.3 Å². The Labute approximate surface area is 166 Å². The van der Waals surface area contributed by atoms with Gasteiger partial charge in [0.05, 0.1) is 11.2 Å². The van der Waals surface area contributed by atoms with Gasteiger partial charge in [-0.05, 0) is 29.9 Å². The number of fused-ring (bicyclic) bond motifs is 1. The summed E-state index contributed by atoms with van der Waals surface area (Å²) in [5, 5.41) is 30.7. The summed E-state index contributed by atoms with van der Waals surface area (Å²) < 4.78 is 30.8. The van der Waals surface area contributed by atoms with Gasteiger partial charge in [0.1, 0.15) is 5.49 Å².